The quantitative estimate of drug-likeness (QED) is 0.561. The second kappa shape index (κ2) is 10.8. The molecule has 2 aromatic carbocycles. The average Bonchev–Trinajstić information content (AvgIpc) is 3.08. The van der Waals surface area contributed by atoms with Crippen molar-refractivity contribution in [3.63, 3.8) is 0 Å². The van der Waals surface area contributed by atoms with Crippen LogP contribution >= 0.6 is 11.6 Å². The molecule has 7 nitrogen and oxygen atoms in total. The molecular weight excluding hydrogens is 472 g/mol. The van der Waals surface area contributed by atoms with Crippen molar-refractivity contribution in [3.05, 3.63) is 59.1 Å². The van der Waals surface area contributed by atoms with Crippen molar-refractivity contribution in [1.82, 2.24) is 9.62 Å². The number of benzene rings is 2. The minimum absolute atomic E-state index is 0.0692. The monoisotopic (exact) mass is 498 g/mol. The van der Waals surface area contributed by atoms with Crippen molar-refractivity contribution in [1.29, 1.82) is 0 Å². The lowest BCUT2D eigenvalue weighted by molar-refractivity contribution is 0.0953. The number of carbonyl (C=O) groups excluding carboxylic acids is 1. The van der Waals surface area contributed by atoms with Crippen LogP contribution in [0.2, 0.25) is 5.02 Å². The van der Waals surface area contributed by atoms with Gasteiger partial charge in [-0.05, 0) is 49.6 Å². The molecule has 10 heteroatoms. The molecule has 1 amide bonds. The third-order valence-corrected chi connectivity index (χ3v) is 9.55. The Morgan fingerprint density at radius 3 is 2.25 bits per heavy atom. The van der Waals surface area contributed by atoms with Gasteiger partial charge in [-0.25, -0.2) is 16.8 Å². The number of sulfone groups is 1. The number of hydrogen-bond acceptors (Lipinski definition) is 5. The van der Waals surface area contributed by atoms with Crippen LogP contribution < -0.4 is 5.32 Å². The van der Waals surface area contributed by atoms with Gasteiger partial charge >= 0.3 is 0 Å². The minimum atomic E-state index is -3.81. The summed E-state index contributed by atoms with van der Waals surface area (Å²) < 4.78 is 52.2. The maximum absolute atomic E-state index is 13.1. The molecule has 0 bridgehead atoms. The van der Waals surface area contributed by atoms with Gasteiger partial charge in [0.15, 0.2) is 9.84 Å². The van der Waals surface area contributed by atoms with Crippen LogP contribution in [0.15, 0.2) is 58.3 Å². The second-order valence-corrected chi connectivity index (χ2v) is 12.1. The smallest absolute Gasteiger partial charge is 0.251 e. The standard InChI is InChI=1S/C22H27ClN2O5S2/c23-20-12-11-18(17-21(20)32(29,30)25-14-6-1-2-7-15-25)22(26)24-13-8-16-31(27,28)19-9-4-3-5-10-19/h3-5,9-12,17H,1-2,6-8,13-16H2,(H,24,26). The summed E-state index contributed by atoms with van der Waals surface area (Å²) in [6.45, 7) is 1.01. The van der Waals surface area contributed by atoms with E-state index in [-0.39, 0.29) is 39.1 Å². The van der Waals surface area contributed by atoms with E-state index in [0.29, 0.717) is 13.1 Å². The van der Waals surface area contributed by atoms with Crippen LogP contribution in [0.3, 0.4) is 0 Å². The van der Waals surface area contributed by atoms with Crippen LogP contribution in [-0.4, -0.2) is 52.4 Å². The van der Waals surface area contributed by atoms with Gasteiger partial charge in [-0.2, -0.15) is 4.31 Å². The molecule has 0 unspecified atom stereocenters. The number of nitrogens with zero attached hydrogens (tertiary/aromatic N) is 1. The van der Waals surface area contributed by atoms with Gasteiger partial charge in [0.2, 0.25) is 10.0 Å². The Labute approximate surface area is 194 Å². The number of halogens is 1. The van der Waals surface area contributed by atoms with Crippen molar-refractivity contribution in [3.8, 4) is 0 Å². The van der Waals surface area contributed by atoms with Gasteiger partial charge in [-0.3, -0.25) is 4.79 Å². The van der Waals surface area contributed by atoms with E-state index in [2.05, 4.69) is 5.32 Å². The van der Waals surface area contributed by atoms with Gasteiger partial charge in [-0.1, -0.05) is 42.6 Å². The molecule has 174 valence electrons. The predicted molar refractivity (Wildman–Crippen MR) is 124 cm³/mol. The van der Waals surface area contributed by atoms with Crippen molar-refractivity contribution in [2.24, 2.45) is 0 Å². The van der Waals surface area contributed by atoms with Gasteiger partial charge in [0.1, 0.15) is 4.90 Å². The molecular formula is C22H27ClN2O5S2. The first kappa shape index (κ1) is 24.7. The van der Waals surface area contributed by atoms with Crippen LogP contribution in [0.1, 0.15) is 42.5 Å². The van der Waals surface area contributed by atoms with Crippen molar-refractivity contribution in [2.45, 2.75) is 41.9 Å². The highest BCUT2D eigenvalue weighted by atomic mass is 35.5. The number of hydrogen-bond donors (Lipinski definition) is 1. The normalized spacial score (nSPS) is 15.8. The Hall–Kier alpha value is -1.94. The highest BCUT2D eigenvalue weighted by Crippen LogP contribution is 2.27. The second-order valence-electron chi connectivity index (χ2n) is 7.70. The summed E-state index contributed by atoms with van der Waals surface area (Å²) >= 11 is 6.18. The molecule has 1 heterocycles. The molecule has 0 atom stereocenters. The van der Waals surface area contributed by atoms with E-state index in [1.54, 1.807) is 18.2 Å². The Bertz CT molecular complexity index is 1140. The van der Waals surface area contributed by atoms with Crippen LogP contribution in [0.4, 0.5) is 0 Å². The first-order valence-electron chi connectivity index (χ1n) is 10.6. The molecule has 32 heavy (non-hydrogen) atoms. The van der Waals surface area contributed by atoms with Crippen molar-refractivity contribution >= 4 is 37.4 Å². The third kappa shape index (κ3) is 6.10. The molecule has 0 spiro atoms. The summed E-state index contributed by atoms with van der Waals surface area (Å²) in [5.74, 6) is -0.585. The van der Waals surface area contributed by atoms with E-state index in [4.69, 9.17) is 11.6 Å². The fourth-order valence-corrected chi connectivity index (χ4v) is 6.92. The van der Waals surface area contributed by atoms with Crippen LogP contribution in [0.25, 0.3) is 0 Å². The first-order chi connectivity index (χ1) is 15.2. The van der Waals surface area contributed by atoms with Crippen molar-refractivity contribution in [2.75, 3.05) is 25.4 Å². The summed E-state index contributed by atoms with van der Waals surface area (Å²) in [4.78, 5) is 12.7. The Morgan fingerprint density at radius 2 is 1.59 bits per heavy atom. The number of amides is 1. The molecule has 1 N–H and O–H groups in total. The number of carbonyl (C=O) groups is 1. The van der Waals surface area contributed by atoms with E-state index < -0.39 is 25.8 Å². The van der Waals surface area contributed by atoms with E-state index in [0.717, 1.165) is 25.7 Å². The topological polar surface area (TPSA) is 101 Å². The maximum Gasteiger partial charge on any atom is 0.251 e. The van der Waals surface area contributed by atoms with E-state index in [1.807, 2.05) is 0 Å². The molecule has 2 aromatic rings. The summed E-state index contributed by atoms with van der Waals surface area (Å²) in [5, 5.41) is 2.72. The molecule has 1 fully saturated rings. The lowest BCUT2D eigenvalue weighted by Crippen LogP contribution is -2.32. The molecule has 0 aliphatic carbocycles. The zero-order valence-electron chi connectivity index (χ0n) is 17.7. The largest absolute Gasteiger partial charge is 0.352 e. The lowest BCUT2D eigenvalue weighted by atomic mass is 10.2. The maximum atomic E-state index is 13.1. The third-order valence-electron chi connectivity index (χ3n) is 5.35. The fraction of sp³-hybridized carbons (Fsp3) is 0.409. The van der Waals surface area contributed by atoms with E-state index in [9.17, 15) is 21.6 Å². The van der Waals surface area contributed by atoms with Crippen LogP contribution in [-0.2, 0) is 19.9 Å². The van der Waals surface area contributed by atoms with Gasteiger partial charge in [0, 0.05) is 25.2 Å². The highest BCUT2D eigenvalue weighted by molar-refractivity contribution is 7.91. The Kier molecular flexibility index (Phi) is 8.32. The van der Waals surface area contributed by atoms with Crippen LogP contribution in [0.5, 0.6) is 0 Å². The molecule has 0 saturated carbocycles. The number of sulfonamides is 1. The minimum Gasteiger partial charge on any atom is -0.352 e. The van der Waals surface area contributed by atoms with E-state index in [1.165, 1.54) is 34.6 Å². The zero-order chi connectivity index (χ0) is 23.2. The zero-order valence-corrected chi connectivity index (χ0v) is 20.1. The van der Waals surface area contributed by atoms with Gasteiger partial charge in [0.25, 0.3) is 5.91 Å². The van der Waals surface area contributed by atoms with E-state index >= 15 is 0 Å². The molecule has 0 aromatic heterocycles. The Balaban J connectivity index is 1.64. The molecule has 0 radical (unpaired) electrons. The SMILES string of the molecule is O=C(NCCCS(=O)(=O)c1ccccc1)c1ccc(Cl)c(S(=O)(=O)N2CCCCCC2)c1. The summed E-state index contributed by atoms with van der Waals surface area (Å²) in [6, 6.07) is 12.3. The fourth-order valence-electron chi connectivity index (χ4n) is 3.58. The van der Waals surface area contributed by atoms with Gasteiger partial charge < -0.3 is 5.32 Å². The lowest BCUT2D eigenvalue weighted by Gasteiger charge is -2.21. The van der Waals surface area contributed by atoms with Gasteiger partial charge in [-0.15, -0.1) is 0 Å². The average molecular weight is 499 g/mol. The molecule has 3 rings (SSSR count). The summed E-state index contributed by atoms with van der Waals surface area (Å²) in [5.41, 5.74) is 0.161. The molecule has 1 aliphatic rings. The summed E-state index contributed by atoms with van der Waals surface area (Å²) in [6.07, 6.45) is 3.80. The highest BCUT2D eigenvalue weighted by Gasteiger charge is 2.28. The Morgan fingerprint density at radius 1 is 0.938 bits per heavy atom. The number of rotatable bonds is 8. The summed E-state index contributed by atoms with van der Waals surface area (Å²) in [7, 11) is -7.23. The predicted octanol–water partition coefficient (Wildman–Crippen LogP) is 3.50. The first-order valence-corrected chi connectivity index (χ1v) is 14.0. The van der Waals surface area contributed by atoms with Crippen molar-refractivity contribution < 1.29 is 21.6 Å². The van der Waals surface area contributed by atoms with Gasteiger partial charge in [0.05, 0.1) is 15.7 Å². The molecule has 1 aliphatic heterocycles. The van der Waals surface area contributed by atoms with Crippen LogP contribution in [0, 0.1) is 0 Å². The number of nitrogens with one attached hydrogen (secondary N) is 1. The molecule has 1 saturated heterocycles.